The summed E-state index contributed by atoms with van der Waals surface area (Å²) in [6, 6.07) is 5.55. The topological polar surface area (TPSA) is 56.3 Å². The van der Waals surface area contributed by atoms with Gasteiger partial charge in [-0.3, -0.25) is 4.90 Å². The first-order valence-corrected chi connectivity index (χ1v) is 13.2. The van der Waals surface area contributed by atoms with Crippen LogP contribution in [0.4, 0.5) is 19.7 Å². The number of carbonyl (C=O) groups excluding carboxylic acids is 2. The summed E-state index contributed by atoms with van der Waals surface area (Å²) in [5.41, 5.74) is 1.64. The Balaban J connectivity index is 1.28. The Hall–Kier alpha value is -2.35. The number of likely N-dealkylation sites (tertiary alicyclic amines) is 2. The van der Waals surface area contributed by atoms with E-state index in [9.17, 15) is 14.0 Å². The highest BCUT2D eigenvalue weighted by Crippen LogP contribution is 2.49. The second-order valence-electron chi connectivity index (χ2n) is 11.5. The first-order chi connectivity index (χ1) is 16.7. The second kappa shape index (κ2) is 9.26. The first-order valence-electron chi connectivity index (χ1n) is 13.2. The Morgan fingerprint density at radius 2 is 1.89 bits per heavy atom. The lowest BCUT2D eigenvalue weighted by Gasteiger charge is -2.42. The van der Waals surface area contributed by atoms with E-state index in [2.05, 4.69) is 4.90 Å². The molecule has 1 spiro atoms. The van der Waals surface area contributed by atoms with E-state index in [0.717, 1.165) is 63.0 Å². The number of carbonyl (C=O) groups is 2. The Kier molecular flexibility index (Phi) is 6.45. The molecule has 3 amide bonds. The minimum atomic E-state index is -0.238. The fraction of sp³-hybridized carbons (Fsp3) is 0.704. The summed E-state index contributed by atoms with van der Waals surface area (Å²) in [4.78, 5) is 33.6. The van der Waals surface area contributed by atoms with Crippen LogP contribution in [0.1, 0.15) is 57.9 Å². The van der Waals surface area contributed by atoms with Crippen molar-refractivity contribution < 1.29 is 18.7 Å². The van der Waals surface area contributed by atoms with Gasteiger partial charge in [0.1, 0.15) is 5.82 Å². The van der Waals surface area contributed by atoms with Crippen molar-refractivity contribution in [3.63, 3.8) is 0 Å². The van der Waals surface area contributed by atoms with Crippen molar-refractivity contribution >= 4 is 17.8 Å². The van der Waals surface area contributed by atoms with Gasteiger partial charge in [0.05, 0.1) is 6.10 Å². The fourth-order valence-corrected chi connectivity index (χ4v) is 7.05. The largest absolute Gasteiger partial charge is 0.447 e. The smallest absolute Gasteiger partial charge is 0.410 e. The Labute approximate surface area is 208 Å². The van der Waals surface area contributed by atoms with Gasteiger partial charge in [-0.15, -0.1) is 0 Å². The van der Waals surface area contributed by atoms with Crippen LogP contribution in [0, 0.1) is 11.7 Å². The van der Waals surface area contributed by atoms with Crippen molar-refractivity contribution in [1.82, 2.24) is 14.7 Å². The number of fused-ring (bicyclic) bond motifs is 3. The molecule has 0 radical (unpaired) electrons. The molecule has 4 aliphatic rings. The number of hydrogen-bond donors (Lipinski definition) is 0. The van der Waals surface area contributed by atoms with Crippen LogP contribution in [-0.2, 0) is 10.2 Å². The Morgan fingerprint density at radius 3 is 2.57 bits per heavy atom. The monoisotopic (exact) mass is 486 g/mol. The average Bonchev–Trinajstić information content (AvgIpc) is 3.38. The van der Waals surface area contributed by atoms with Crippen LogP contribution in [0.15, 0.2) is 18.2 Å². The molecular formula is C27H39FN4O3. The van der Waals surface area contributed by atoms with Crippen molar-refractivity contribution in [2.75, 3.05) is 45.2 Å². The Morgan fingerprint density at radius 1 is 1.14 bits per heavy atom. The molecule has 35 heavy (non-hydrogen) atoms. The summed E-state index contributed by atoms with van der Waals surface area (Å²) >= 11 is 0. The van der Waals surface area contributed by atoms with Crippen molar-refractivity contribution in [2.24, 2.45) is 5.92 Å². The van der Waals surface area contributed by atoms with E-state index in [-0.39, 0.29) is 35.5 Å². The van der Waals surface area contributed by atoms with E-state index in [1.165, 1.54) is 12.5 Å². The number of nitrogens with zero attached hydrogens (tertiary/aromatic N) is 4. The quantitative estimate of drug-likeness (QED) is 0.620. The molecule has 7 nitrogen and oxygen atoms in total. The molecule has 5 rings (SSSR count). The zero-order valence-electron chi connectivity index (χ0n) is 21.5. The molecule has 3 atom stereocenters. The molecule has 0 aromatic heterocycles. The lowest BCUT2D eigenvalue weighted by molar-refractivity contribution is 0.0427. The normalized spacial score (nSPS) is 27.8. The molecule has 3 fully saturated rings. The maximum atomic E-state index is 14.3. The van der Waals surface area contributed by atoms with E-state index in [1.807, 2.05) is 23.6 Å². The standard InChI is InChI=1S/C27H39FN4O3/c1-18(2)35-26(34)31-11-5-6-19-14-21(16-24(19)31)30-12-9-27(10-13-30)17-32(25(33)29(3)4)23-8-7-20(28)15-22(23)27/h7-8,15,18-19,21,24H,5-6,9-14,16-17H2,1-4H3. The molecule has 3 aliphatic heterocycles. The van der Waals surface area contributed by atoms with Gasteiger partial charge < -0.3 is 19.4 Å². The van der Waals surface area contributed by atoms with E-state index >= 15 is 0 Å². The molecule has 0 bridgehead atoms. The number of piperidine rings is 2. The third kappa shape index (κ3) is 4.39. The molecule has 1 saturated carbocycles. The van der Waals surface area contributed by atoms with Crippen LogP contribution in [0.2, 0.25) is 0 Å². The lowest BCUT2D eigenvalue weighted by atomic mass is 9.74. The van der Waals surface area contributed by atoms with Crippen molar-refractivity contribution in [1.29, 1.82) is 0 Å². The number of rotatable bonds is 2. The molecule has 3 unspecified atom stereocenters. The minimum Gasteiger partial charge on any atom is -0.447 e. The predicted molar refractivity (Wildman–Crippen MR) is 133 cm³/mol. The second-order valence-corrected chi connectivity index (χ2v) is 11.5. The van der Waals surface area contributed by atoms with Crippen LogP contribution < -0.4 is 4.90 Å². The zero-order chi connectivity index (χ0) is 24.9. The predicted octanol–water partition coefficient (Wildman–Crippen LogP) is 4.45. The lowest BCUT2D eigenvalue weighted by Crippen LogP contribution is -2.50. The van der Waals surface area contributed by atoms with Gasteiger partial charge in [0.15, 0.2) is 0 Å². The number of amides is 3. The number of ether oxygens (including phenoxy) is 1. The van der Waals surface area contributed by atoms with Gasteiger partial charge in [0.2, 0.25) is 0 Å². The number of benzene rings is 1. The van der Waals surface area contributed by atoms with Gasteiger partial charge in [0.25, 0.3) is 0 Å². The van der Waals surface area contributed by atoms with E-state index < -0.39 is 0 Å². The van der Waals surface area contributed by atoms with Crippen molar-refractivity contribution in [2.45, 2.75) is 76.0 Å². The number of urea groups is 1. The maximum absolute atomic E-state index is 14.3. The summed E-state index contributed by atoms with van der Waals surface area (Å²) in [6.07, 6.45) is 5.90. The first kappa shape index (κ1) is 24.3. The van der Waals surface area contributed by atoms with E-state index in [1.54, 1.807) is 31.1 Å². The molecule has 2 saturated heterocycles. The van der Waals surface area contributed by atoms with E-state index in [4.69, 9.17) is 4.74 Å². The van der Waals surface area contributed by atoms with Crippen LogP contribution in [-0.4, -0.2) is 85.3 Å². The number of halogens is 1. The molecule has 192 valence electrons. The molecule has 3 heterocycles. The van der Waals surface area contributed by atoms with Gasteiger partial charge in [-0.25, -0.2) is 14.0 Å². The number of hydrogen-bond acceptors (Lipinski definition) is 4. The van der Waals surface area contributed by atoms with Crippen LogP contribution in [0.25, 0.3) is 0 Å². The van der Waals surface area contributed by atoms with Crippen LogP contribution in [0.5, 0.6) is 0 Å². The van der Waals surface area contributed by atoms with Gasteiger partial charge in [0, 0.05) is 50.4 Å². The SMILES string of the molecule is CC(C)OC(=O)N1CCCC2CC(N3CCC4(CC3)CN(C(=O)N(C)C)c3ccc(F)cc34)CC21. The molecule has 1 aromatic rings. The summed E-state index contributed by atoms with van der Waals surface area (Å²) in [6.45, 7) is 7.07. The third-order valence-corrected chi connectivity index (χ3v) is 8.74. The van der Waals surface area contributed by atoms with Crippen molar-refractivity contribution in [3.8, 4) is 0 Å². The highest BCUT2D eigenvalue weighted by atomic mass is 19.1. The molecule has 1 aliphatic carbocycles. The summed E-state index contributed by atoms with van der Waals surface area (Å²) < 4.78 is 19.8. The summed E-state index contributed by atoms with van der Waals surface area (Å²) in [5.74, 6) is 0.303. The fourth-order valence-electron chi connectivity index (χ4n) is 7.05. The highest BCUT2D eigenvalue weighted by molar-refractivity contribution is 5.95. The van der Waals surface area contributed by atoms with Crippen LogP contribution in [0.3, 0.4) is 0 Å². The maximum Gasteiger partial charge on any atom is 0.410 e. The van der Waals surface area contributed by atoms with E-state index in [0.29, 0.717) is 18.5 Å². The molecule has 0 N–H and O–H groups in total. The third-order valence-electron chi connectivity index (χ3n) is 8.74. The van der Waals surface area contributed by atoms with Gasteiger partial charge >= 0.3 is 12.1 Å². The highest BCUT2D eigenvalue weighted by Gasteiger charge is 2.50. The number of anilines is 1. The summed E-state index contributed by atoms with van der Waals surface area (Å²) in [5, 5.41) is 0. The molecule has 8 heteroatoms. The van der Waals surface area contributed by atoms with Gasteiger partial charge in [-0.1, -0.05) is 0 Å². The molecular weight excluding hydrogens is 447 g/mol. The zero-order valence-corrected chi connectivity index (χ0v) is 21.5. The summed E-state index contributed by atoms with van der Waals surface area (Å²) in [7, 11) is 3.53. The van der Waals surface area contributed by atoms with Crippen LogP contribution >= 0.6 is 0 Å². The van der Waals surface area contributed by atoms with Gasteiger partial charge in [-0.05, 0) is 95.1 Å². The average molecular weight is 487 g/mol. The van der Waals surface area contributed by atoms with Gasteiger partial charge in [-0.2, -0.15) is 0 Å². The van der Waals surface area contributed by atoms with Crippen molar-refractivity contribution in [3.05, 3.63) is 29.6 Å². The molecule has 1 aromatic carbocycles. The minimum absolute atomic E-state index is 0.0506. The Bertz CT molecular complexity index is 975.